The van der Waals surface area contributed by atoms with Gasteiger partial charge >= 0.3 is 11.9 Å². The molecule has 0 unspecified atom stereocenters. The summed E-state index contributed by atoms with van der Waals surface area (Å²) >= 11 is 0. The van der Waals surface area contributed by atoms with E-state index in [0.29, 0.717) is 28.6 Å². The van der Waals surface area contributed by atoms with Crippen molar-refractivity contribution in [2.45, 2.75) is 97.8 Å². The number of nitro benzene ring substituents is 1. The first-order valence-corrected chi connectivity index (χ1v) is 20.9. The summed E-state index contributed by atoms with van der Waals surface area (Å²) in [6.07, 6.45) is 17.3. The SMILES string of the molecule is C=CC(=O)OCCOc1cc([NH2+]Nc2ccc([N+](=O)[O-])cc2)c(OCCOC(=O)C=C)cc1NNc1ccc(N(CCCCCCCC)CCCCCCCC)cc1C. The van der Waals surface area contributed by atoms with Gasteiger partial charge in [0.1, 0.15) is 32.1 Å². The normalized spacial score (nSPS) is 10.6. The van der Waals surface area contributed by atoms with Crippen LogP contribution in [0.15, 0.2) is 79.9 Å². The van der Waals surface area contributed by atoms with Crippen LogP contribution in [0.5, 0.6) is 11.5 Å². The number of nitrogens with zero attached hydrogens (tertiary/aromatic N) is 2. The third kappa shape index (κ3) is 18.1. The second-order valence-electron chi connectivity index (χ2n) is 14.2. The maximum atomic E-state index is 11.7. The average Bonchev–Trinajstić information content (AvgIpc) is 3.24. The summed E-state index contributed by atoms with van der Waals surface area (Å²) in [5.74, 6) is -0.308. The molecule has 14 heteroatoms. The molecule has 0 aromatic heterocycles. The predicted molar refractivity (Wildman–Crippen MR) is 235 cm³/mol. The number of benzene rings is 3. The molecule has 0 radical (unpaired) electrons. The largest absolute Gasteiger partial charge is 0.488 e. The number of ether oxygens (including phenoxy) is 4. The highest BCUT2D eigenvalue weighted by molar-refractivity contribution is 5.81. The number of aryl methyl sites for hydroxylation is 1. The zero-order valence-electron chi connectivity index (χ0n) is 35.2. The van der Waals surface area contributed by atoms with Crippen LogP contribution in [0.1, 0.15) is 96.5 Å². The lowest BCUT2D eigenvalue weighted by atomic mass is 10.1. The highest BCUT2D eigenvalue weighted by atomic mass is 16.6. The third-order valence-electron chi connectivity index (χ3n) is 9.56. The molecule has 0 spiro atoms. The smallest absolute Gasteiger partial charge is 0.330 e. The van der Waals surface area contributed by atoms with Crippen LogP contribution in [-0.2, 0) is 19.1 Å². The number of carbonyl (C=O) groups is 2. The van der Waals surface area contributed by atoms with E-state index < -0.39 is 16.9 Å². The van der Waals surface area contributed by atoms with Crippen LogP contribution in [0, 0.1) is 17.0 Å². The van der Waals surface area contributed by atoms with E-state index >= 15 is 0 Å². The monoisotopic (exact) mass is 817 g/mol. The van der Waals surface area contributed by atoms with E-state index in [1.165, 1.54) is 94.9 Å². The standard InChI is InChI=1S/C45H64N6O8/c1-6-10-12-14-16-18-26-50(27-19-17-15-13-11-7-2)38-24-25-39(35(5)32-38)47-49-41-34-42(56-28-30-58-44(52)8-3)40(33-43(41)57-29-31-59-45(53)9-4)48-46-36-20-22-37(23-21-36)51(54)55/h8-9,20-25,32-34,46-49H,3-4,6-7,10-19,26-31H2,1-2,5H3/p+1. The lowest BCUT2D eigenvalue weighted by molar-refractivity contribution is -0.539. The van der Waals surface area contributed by atoms with Crippen molar-refractivity contribution in [3.8, 4) is 11.5 Å². The summed E-state index contributed by atoms with van der Waals surface area (Å²) in [7, 11) is 0. The number of hydrogen-bond donors (Lipinski definition) is 4. The molecule has 0 atom stereocenters. The van der Waals surface area contributed by atoms with Gasteiger partial charge in [-0.25, -0.2) is 20.4 Å². The van der Waals surface area contributed by atoms with Gasteiger partial charge in [0.2, 0.25) is 0 Å². The van der Waals surface area contributed by atoms with Crippen LogP contribution in [0.2, 0.25) is 0 Å². The Morgan fingerprint density at radius 3 is 1.80 bits per heavy atom. The van der Waals surface area contributed by atoms with Gasteiger partial charge in [-0.05, 0) is 55.7 Å². The van der Waals surface area contributed by atoms with Crippen molar-refractivity contribution in [1.29, 1.82) is 0 Å². The van der Waals surface area contributed by atoms with E-state index in [4.69, 9.17) is 18.9 Å². The van der Waals surface area contributed by atoms with Crippen LogP contribution in [0.3, 0.4) is 0 Å². The molecule has 0 heterocycles. The van der Waals surface area contributed by atoms with E-state index in [2.05, 4.69) is 73.3 Å². The van der Waals surface area contributed by atoms with E-state index in [-0.39, 0.29) is 32.1 Å². The van der Waals surface area contributed by atoms with Gasteiger partial charge in [-0.15, -0.1) is 0 Å². The Labute approximate surface area is 349 Å². The second-order valence-corrected chi connectivity index (χ2v) is 14.2. The number of non-ortho nitro benzene ring substituents is 1. The Morgan fingerprint density at radius 2 is 1.25 bits per heavy atom. The number of nitro groups is 1. The molecule has 0 saturated heterocycles. The number of hydrazine groups is 1. The summed E-state index contributed by atoms with van der Waals surface area (Å²) in [6.45, 7) is 15.6. The minimum Gasteiger partial charge on any atom is -0.488 e. The number of anilines is 4. The Bertz CT molecular complexity index is 1740. The zero-order chi connectivity index (χ0) is 42.7. The van der Waals surface area contributed by atoms with Crippen LogP contribution >= 0.6 is 0 Å². The predicted octanol–water partition coefficient (Wildman–Crippen LogP) is 9.31. The molecular formula is C45H65N6O8+. The van der Waals surface area contributed by atoms with Crippen molar-refractivity contribution in [2.24, 2.45) is 0 Å². The fraction of sp³-hybridized carbons (Fsp3) is 0.467. The first kappa shape index (κ1) is 47.6. The number of carbonyl (C=O) groups excluding carboxylic acids is 2. The fourth-order valence-electron chi connectivity index (χ4n) is 6.23. The molecule has 0 aliphatic carbocycles. The van der Waals surface area contributed by atoms with Gasteiger partial charge < -0.3 is 29.3 Å². The van der Waals surface area contributed by atoms with Crippen LogP contribution in [0.25, 0.3) is 0 Å². The number of nitrogen functional groups attached to an aromatic ring is 1. The molecule has 59 heavy (non-hydrogen) atoms. The van der Waals surface area contributed by atoms with Crippen molar-refractivity contribution in [3.05, 3.63) is 95.6 Å². The maximum Gasteiger partial charge on any atom is 0.330 e. The van der Waals surface area contributed by atoms with Crippen molar-refractivity contribution in [1.82, 2.24) is 0 Å². The molecule has 3 aromatic rings. The molecular weight excluding hydrogens is 753 g/mol. The molecule has 3 aromatic carbocycles. The quantitative estimate of drug-likeness (QED) is 0.00897. The summed E-state index contributed by atoms with van der Waals surface area (Å²) in [6, 6.07) is 15.9. The van der Waals surface area contributed by atoms with Gasteiger partial charge in [-0.2, -0.15) is 0 Å². The number of unbranched alkanes of at least 4 members (excludes halogenated alkanes) is 10. The van der Waals surface area contributed by atoms with Crippen molar-refractivity contribution in [3.63, 3.8) is 0 Å². The van der Waals surface area contributed by atoms with Crippen LogP contribution in [0.4, 0.5) is 34.1 Å². The summed E-state index contributed by atoms with van der Waals surface area (Å²) in [5, 5.41) is 11.2. The molecule has 0 aliphatic rings. The molecule has 5 N–H and O–H groups in total. The lowest BCUT2D eigenvalue weighted by Crippen LogP contribution is -2.82. The zero-order valence-corrected chi connectivity index (χ0v) is 35.2. The summed E-state index contributed by atoms with van der Waals surface area (Å²) < 4.78 is 22.5. The highest BCUT2D eigenvalue weighted by Crippen LogP contribution is 2.35. The Kier molecular flexibility index (Phi) is 22.4. The first-order chi connectivity index (χ1) is 28.7. The molecule has 322 valence electrons. The summed E-state index contributed by atoms with van der Waals surface area (Å²) in [4.78, 5) is 36.6. The number of nitrogens with two attached hydrogens (primary N) is 1. The number of quaternary nitrogens is 1. The third-order valence-corrected chi connectivity index (χ3v) is 9.56. The fourth-order valence-corrected chi connectivity index (χ4v) is 6.23. The molecule has 0 aliphatic heterocycles. The Balaban J connectivity index is 1.85. The van der Waals surface area contributed by atoms with Gasteiger partial charge in [0.25, 0.3) is 5.69 Å². The molecule has 0 saturated carbocycles. The Hall–Kier alpha value is -5.76. The van der Waals surface area contributed by atoms with Gasteiger partial charge in [0.05, 0.1) is 16.3 Å². The van der Waals surface area contributed by atoms with E-state index in [0.717, 1.165) is 36.5 Å². The van der Waals surface area contributed by atoms with Gasteiger partial charge in [0.15, 0.2) is 17.2 Å². The van der Waals surface area contributed by atoms with E-state index in [1.54, 1.807) is 29.7 Å². The lowest BCUT2D eigenvalue weighted by Gasteiger charge is -2.26. The van der Waals surface area contributed by atoms with Gasteiger partial charge in [-0.3, -0.25) is 15.5 Å². The maximum absolute atomic E-state index is 11.7. The first-order valence-electron chi connectivity index (χ1n) is 20.9. The molecule has 0 amide bonds. The second kappa shape index (κ2) is 27.8. The minimum atomic E-state index is -0.568. The van der Waals surface area contributed by atoms with E-state index in [1.807, 2.05) is 0 Å². The number of nitrogens with one attached hydrogen (secondary N) is 3. The Morgan fingerprint density at radius 1 is 0.712 bits per heavy atom. The molecule has 14 nitrogen and oxygen atoms in total. The molecule has 3 rings (SSSR count). The van der Waals surface area contributed by atoms with Crippen molar-refractivity contribution in [2.75, 3.05) is 60.7 Å². The van der Waals surface area contributed by atoms with Crippen LogP contribution in [-0.4, -0.2) is 56.4 Å². The molecule has 0 fully saturated rings. The van der Waals surface area contributed by atoms with Crippen molar-refractivity contribution < 1.29 is 38.9 Å². The van der Waals surface area contributed by atoms with Gasteiger partial charge in [-0.1, -0.05) is 91.2 Å². The number of hydrogen-bond acceptors (Lipinski definition) is 12. The summed E-state index contributed by atoms with van der Waals surface area (Å²) in [5.41, 5.74) is 16.2. The van der Waals surface area contributed by atoms with Crippen molar-refractivity contribution >= 4 is 46.1 Å². The van der Waals surface area contributed by atoms with Crippen LogP contribution < -0.4 is 36.1 Å². The average molecular weight is 818 g/mol. The minimum absolute atomic E-state index is 0.0146. The number of esters is 2. The number of rotatable bonds is 32. The van der Waals surface area contributed by atoms with Gasteiger partial charge in [0, 0.05) is 55.2 Å². The topological polar surface area (TPSA) is 170 Å². The molecule has 0 bridgehead atoms. The van der Waals surface area contributed by atoms with E-state index in [9.17, 15) is 19.7 Å². The highest BCUT2D eigenvalue weighted by Gasteiger charge is 2.18.